The van der Waals surface area contributed by atoms with Crippen LogP contribution in [0.25, 0.3) is 10.6 Å². The molecular formula is C21H33IN4O2S. The third-order valence-corrected chi connectivity index (χ3v) is 4.81. The van der Waals surface area contributed by atoms with E-state index in [1.165, 1.54) is 0 Å². The number of aliphatic imine (C=N–C) groups is 1. The third kappa shape index (κ3) is 10.9. The number of rotatable bonds is 13. The molecule has 2 rings (SSSR count). The molecule has 1 heterocycles. The zero-order valence-electron chi connectivity index (χ0n) is 17.4. The SMILES string of the molecule is CCCCOCCOCCNC(=NCc1csc(-c2ccccc2)n1)NCC.I. The highest BCUT2D eigenvalue weighted by Gasteiger charge is 2.04. The number of thiazole rings is 1. The van der Waals surface area contributed by atoms with Crippen LogP contribution in [0.2, 0.25) is 0 Å². The molecule has 0 aliphatic heterocycles. The first kappa shape index (κ1) is 25.8. The second kappa shape index (κ2) is 16.6. The van der Waals surface area contributed by atoms with Gasteiger partial charge in [0, 0.05) is 30.6 Å². The molecule has 1 aromatic carbocycles. The molecular weight excluding hydrogens is 499 g/mol. The lowest BCUT2D eigenvalue weighted by Crippen LogP contribution is -2.39. The summed E-state index contributed by atoms with van der Waals surface area (Å²) in [5, 5.41) is 9.63. The van der Waals surface area contributed by atoms with E-state index >= 15 is 0 Å². The molecule has 0 bridgehead atoms. The standard InChI is InChI=1S/C21H32N4O2S.HI/c1-3-5-12-26-14-15-27-13-11-23-21(22-4-2)24-16-19-17-28-20(25-19)18-9-7-6-8-10-18;/h6-10,17H,3-5,11-16H2,1-2H3,(H2,22,23,24);1H. The maximum Gasteiger partial charge on any atom is 0.191 e. The fraction of sp³-hybridized carbons (Fsp3) is 0.524. The molecule has 8 heteroatoms. The third-order valence-electron chi connectivity index (χ3n) is 3.87. The summed E-state index contributed by atoms with van der Waals surface area (Å²) in [5.74, 6) is 0.777. The van der Waals surface area contributed by atoms with E-state index in [1.807, 2.05) is 18.2 Å². The van der Waals surface area contributed by atoms with Crippen molar-refractivity contribution in [3.63, 3.8) is 0 Å². The number of hydrogen-bond acceptors (Lipinski definition) is 5. The van der Waals surface area contributed by atoms with E-state index in [0.29, 0.717) is 32.9 Å². The zero-order valence-corrected chi connectivity index (χ0v) is 20.5. The summed E-state index contributed by atoms with van der Waals surface area (Å²) >= 11 is 1.65. The highest BCUT2D eigenvalue weighted by Crippen LogP contribution is 2.23. The van der Waals surface area contributed by atoms with Gasteiger partial charge in [0.1, 0.15) is 5.01 Å². The number of nitrogens with one attached hydrogen (secondary N) is 2. The van der Waals surface area contributed by atoms with Crippen molar-refractivity contribution in [1.29, 1.82) is 0 Å². The number of guanidine groups is 1. The summed E-state index contributed by atoms with van der Waals surface area (Å²) in [5.41, 5.74) is 2.12. The van der Waals surface area contributed by atoms with E-state index in [-0.39, 0.29) is 24.0 Å². The molecule has 0 fully saturated rings. The second-order valence-corrected chi connectivity index (χ2v) is 7.07. The van der Waals surface area contributed by atoms with Gasteiger partial charge >= 0.3 is 0 Å². The first-order valence-electron chi connectivity index (χ1n) is 10.0. The fourth-order valence-corrected chi connectivity index (χ4v) is 3.22. The van der Waals surface area contributed by atoms with Gasteiger partial charge in [-0.2, -0.15) is 0 Å². The summed E-state index contributed by atoms with van der Waals surface area (Å²) < 4.78 is 11.1. The average Bonchev–Trinajstić information content (AvgIpc) is 3.20. The van der Waals surface area contributed by atoms with Gasteiger partial charge in [-0.1, -0.05) is 43.7 Å². The minimum Gasteiger partial charge on any atom is -0.379 e. The lowest BCUT2D eigenvalue weighted by atomic mass is 10.2. The first-order chi connectivity index (χ1) is 13.8. The molecule has 1 aromatic heterocycles. The molecule has 0 aliphatic rings. The van der Waals surface area contributed by atoms with Gasteiger partial charge in [-0.3, -0.25) is 0 Å². The van der Waals surface area contributed by atoms with Gasteiger partial charge < -0.3 is 20.1 Å². The Morgan fingerprint density at radius 3 is 2.52 bits per heavy atom. The summed E-state index contributed by atoms with van der Waals surface area (Å²) in [4.78, 5) is 9.30. The van der Waals surface area contributed by atoms with E-state index in [9.17, 15) is 0 Å². The Morgan fingerprint density at radius 2 is 1.79 bits per heavy atom. The molecule has 0 spiro atoms. The van der Waals surface area contributed by atoms with Crippen LogP contribution in [0.5, 0.6) is 0 Å². The van der Waals surface area contributed by atoms with Gasteiger partial charge in [-0.05, 0) is 13.3 Å². The Morgan fingerprint density at radius 1 is 1.03 bits per heavy atom. The van der Waals surface area contributed by atoms with Crippen molar-refractivity contribution in [2.24, 2.45) is 4.99 Å². The van der Waals surface area contributed by atoms with Gasteiger partial charge in [-0.15, -0.1) is 35.3 Å². The Hall–Kier alpha value is -1.23. The number of halogens is 1. The van der Waals surface area contributed by atoms with E-state index in [0.717, 1.165) is 48.2 Å². The number of ether oxygens (including phenoxy) is 2. The largest absolute Gasteiger partial charge is 0.379 e. The van der Waals surface area contributed by atoms with E-state index < -0.39 is 0 Å². The number of nitrogens with zero attached hydrogens (tertiary/aromatic N) is 2. The predicted molar refractivity (Wildman–Crippen MR) is 132 cm³/mol. The molecule has 29 heavy (non-hydrogen) atoms. The Labute approximate surface area is 195 Å². The minimum absolute atomic E-state index is 0. The quantitative estimate of drug-likeness (QED) is 0.174. The van der Waals surface area contributed by atoms with Gasteiger partial charge in [0.2, 0.25) is 0 Å². The van der Waals surface area contributed by atoms with Gasteiger partial charge in [0.25, 0.3) is 0 Å². The molecule has 2 aromatic rings. The highest BCUT2D eigenvalue weighted by atomic mass is 127. The van der Waals surface area contributed by atoms with Crippen LogP contribution in [0, 0.1) is 0 Å². The maximum atomic E-state index is 5.58. The average molecular weight is 532 g/mol. The van der Waals surface area contributed by atoms with Crippen LogP contribution in [-0.4, -0.2) is 50.5 Å². The smallest absolute Gasteiger partial charge is 0.191 e. The molecule has 0 saturated carbocycles. The number of benzene rings is 1. The van der Waals surface area contributed by atoms with Crippen LogP contribution in [0.3, 0.4) is 0 Å². The van der Waals surface area contributed by atoms with Gasteiger partial charge in [0.05, 0.1) is 32.1 Å². The van der Waals surface area contributed by atoms with Crippen molar-refractivity contribution in [2.45, 2.75) is 33.2 Å². The van der Waals surface area contributed by atoms with Crippen molar-refractivity contribution < 1.29 is 9.47 Å². The first-order valence-corrected chi connectivity index (χ1v) is 10.9. The molecule has 2 N–H and O–H groups in total. The van der Waals surface area contributed by atoms with Crippen molar-refractivity contribution >= 4 is 41.3 Å². The predicted octanol–water partition coefficient (Wildman–Crippen LogP) is 4.32. The van der Waals surface area contributed by atoms with Crippen LogP contribution >= 0.6 is 35.3 Å². The topological polar surface area (TPSA) is 67.8 Å². The van der Waals surface area contributed by atoms with Gasteiger partial charge in [0.15, 0.2) is 5.96 Å². The molecule has 0 aliphatic carbocycles. The van der Waals surface area contributed by atoms with Crippen molar-refractivity contribution in [1.82, 2.24) is 15.6 Å². The number of hydrogen-bond donors (Lipinski definition) is 2. The van der Waals surface area contributed by atoms with Crippen LogP contribution < -0.4 is 10.6 Å². The van der Waals surface area contributed by atoms with Gasteiger partial charge in [-0.25, -0.2) is 9.98 Å². The molecule has 162 valence electrons. The Bertz CT molecular complexity index is 682. The summed E-state index contributed by atoms with van der Waals surface area (Å²) in [6.07, 6.45) is 2.27. The maximum absolute atomic E-state index is 5.58. The molecule has 0 radical (unpaired) electrons. The Balaban J connectivity index is 0.00000420. The second-order valence-electron chi connectivity index (χ2n) is 6.21. The summed E-state index contributed by atoms with van der Waals surface area (Å²) in [7, 11) is 0. The van der Waals surface area contributed by atoms with Crippen molar-refractivity contribution in [2.75, 3.05) is 39.5 Å². The van der Waals surface area contributed by atoms with E-state index in [2.05, 4.69) is 52.0 Å². The minimum atomic E-state index is 0. The van der Waals surface area contributed by atoms with E-state index in [1.54, 1.807) is 11.3 Å². The molecule has 0 atom stereocenters. The molecule has 0 saturated heterocycles. The molecule has 6 nitrogen and oxygen atoms in total. The number of aromatic nitrogens is 1. The molecule has 0 amide bonds. The fourth-order valence-electron chi connectivity index (χ4n) is 2.40. The summed E-state index contributed by atoms with van der Waals surface area (Å²) in [6.45, 7) is 8.99. The Kier molecular flexibility index (Phi) is 14.7. The zero-order chi connectivity index (χ0) is 19.9. The van der Waals surface area contributed by atoms with Crippen molar-refractivity contribution in [3.8, 4) is 10.6 Å². The van der Waals surface area contributed by atoms with Crippen LogP contribution in [0.4, 0.5) is 0 Å². The monoisotopic (exact) mass is 532 g/mol. The van der Waals surface area contributed by atoms with Crippen LogP contribution in [-0.2, 0) is 16.0 Å². The lowest BCUT2D eigenvalue weighted by molar-refractivity contribution is 0.0487. The highest BCUT2D eigenvalue weighted by molar-refractivity contribution is 14.0. The van der Waals surface area contributed by atoms with Crippen molar-refractivity contribution in [3.05, 3.63) is 41.4 Å². The van der Waals surface area contributed by atoms with Crippen LogP contribution in [0.1, 0.15) is 32.4 Å². The number of unbranched alkanes of at least 4 members (excludes halogenated alkanes) is 1. The lowest BCUT2D eigenvalue weighted by Gasteiger charge is -2.11. The van der Waals surface area contributed by atoms with Crippen LogP contribution in [0.15, 0.2) is 40.7 Å². The normalized spacial score (nSPS) is 11.2. The summed E-state index contributed by atoms with van der Waals surface area (Å²) in [6, 6.07) is 10.2. The van der Waals surface area contributed by atoms with E-state index in [4.69, 9.17) is 9.47 Å². The molecule has 0 unspecified atom stereocenters.